The Labute approximate surface area is 110 Å². The normalized spacial score (nSPS) is 30.1. The van der Waals surface area contributed by atoms with Crippen LogP contribution in [0.2, 0.25) is 0 Å². The standard InChI is InChI=1S/C15H23N3/c1-15(14-5-6-14)12-18(9-3-8-17-15)11-13-4-2-7-16-10-13/h2,4,7,10,14,17H,3,5-6,8-9,11-12H2,1H3. The summed E-state index contributed by atoms with van der Waals surface area (Å²) in [4.78, 5) is 6.81. The second-order valence-corrected chi connectivity index (χ2v) is 6.04. The molecule has 0 bridgehead atoms. The van der Waals surface area contributed by atoms with Crippen LogP contribution in [0.1, 0.15) is 31.7 Å². The molecule has 98 valence electrons. The van der Waals surface area contributed by atoms with Crippen molar-refractivity contribution in [3.63, 3.8) is 0 Å². The van der Waals surface area contributed by atoms with E-state index in [4.69, 9.17) is 0 Å². The Balaban J connectivity index is 1.67. The first-order chi connectivity index (χ1) is 8.76. The number of aromatic nitrogens is 1. The van der Waals surface area contributed by atoms with Crippen LogP contribution < -0.4 is 5.32 Å². The lowest BCUT2D eigenvalue weighted by atomic mass is 9.95. The second-order valence-electron chi connectivity index (χ2n) is 6.04. The molecule has 3 heteroatoms. The van der Waals surface area contributed by atoms with Crippen molar-refractivity contribution in [1.29, 1.82) is 0 Å². The smallest absolute Gasteiger partial charge is 0.0312 e. The van der Waals surface area contributed by atoms with Crippen molar-refractivity contribution in [2.24, 2.45) is 5.92 Å². The lowest BCUT2D eigenvalue weighted by Crippen LogP contribution is -2.50. The van der Waals surface area contributed by atoms with Crippen LogP contribution in [0.15, 0.2) is 24.5 Å². The highest BCUT2D eigenvalue weighted by Crippen LogP contribution is 2.40. The number of hydrogen-bond acceptors (Lipinski definition) is 3. The van der Waals surface area contributed by atoms with Crippen LogP contribution in [0.5, 0.6) is 0 Å². The van der Waals surface area contributed by atoms with E-state index < -0.39 is 0 Å². The van der Waals surface area contributed by atoms with E-state index in [1.165, 1.54) is 37.9 Å². The van der Waals surface area contributed by atoms with Gasteiger partial charge in [0.15, 0.2) is 0 Å². The fourth-order valence-corrected chi connectivity index (χ4v) is 3.15. The zero-order valence-electron chi connectivity index (χ0n) is 11.2. The zero-order valence-corrected chi connectivity index (χ0v) is 11.2. The predicted octanol–water partition coefficient (Wildman–Crippen LogP) is 2.05. The molecular formula is C15H23N3. The maximum Gasteiger partial charge on any atom is 0.0312 e. The second kappa shape index (κ2) is 4.98. The Morgan fingerprint density at radius 2 is 2.39 bits per heavy atom. The minimum atomic E-state index is 0.332. The predicted molar refractivity (Wildman–Crippen MR) is 73.3 cm³/mol. The molecule has 0 spiro atoms. The Hall–Kier alpha value is -0.930. The maximum atomic E-state index is 4.22. The molecule has 2 heterocycles. The van der Waals surface area contributed by atoms with Gasteiger partial charge in [0.2, 0.25) is 0 Å². The number of nitrogens with one attached hydrogen (secondary N) is 1. The first-order valence-electron chi connectivity index (χ1n) is 7.12. The third-order valence-corrected chi connectivity index (χ3v) is 4.34. The molecule has 1 aliphatic carbocycles. The quantitative estimate of drug-likeness (QED) is 0.883. The molecule has 1 aromatic heterocycles. The van der Waals surface area contributed by atoms with Crippen molar-refractivity contribution in [3.8, 4) is 0 Å². The summed E-state index contributed by atoms with van der Waals surface area (Å²) in [5.41, 5.74) is 1.66. The van der Waals surface area contributed by atoms with Gasteiger partial charge in [-0.25, -0.2) is 0 Å². The molecule has 1 aliphatic heterocycles. The van der Waals surface area contributed by atoms with Crippen LogP contribution >= 0.6 is 0 Å². The van der Waals surface area contributed by atoms with Gasteiger partial charge < -0.3 is 5.32 Å². The zero-order chi connectivity index (χ0) is 12.4. The van der Waals surface area contributed by atoms with Gasteiger partial charge >= 0.3 is 0 Å². The van der Waals surface area contributed by atoms with Gasteiger partial charge in [0.05, 0.1) is 0 Å². The van der Waals surface area contributed by atoms with E-state index in [0.29, 0.717) is 5.54 Å². The lowest BCUT2D eigenvalue weighted by Gasteiger charge is -2.34. The fourth-order valence-electron chi connectivity index (χ4n) is 3.15. The molecule has 1 saturated carbocycles. The average molecular weight is 245 g/mol. The third kappa shape index (κ3) is 2.73. The molecule has 0 aromatic carbocycles. The van der Waals surface area contributed by atoms with Crippen LogP contribution in [0.25, 0.3) is 0 Å². The van der Waals surface area contributed by atoms with Crippen LogP contribution in [0, 0.1) is 5.92 Å². The topological polar surface area (TPSA) is 28.2 Å². The lowest BCUT2D eigenvalue weighted by molar-refractivity contribution is 0.195. The molecule has 1 saturated heterocycles. The average Bonchev–Trinajstić information content (AvgIpc) is 3.19. The molecule has 0 amide bonds. The molecule has 2 fully saturated rings. The van der Waals surface area contributed by atoms with Gasteiger partial charge in [0.1, 0.15) is 0 Å². The molecule has 1 atom stereocenters. The highest BCUT2D eigenvalue weighted by Gasteiger charge is 2.42. The number of hydrogen-bond donors (Lipinski definition) is 1. The molecule has 1 N–H and O–H groups in total. The van der Waals surface area contributed by atoms with Crippen molar-refractivity contribution in [2.45, 2.75) is 38.3 Å². The van der Waals surface area contributed by atoms with Crippen molar-refractivity contribution in [2.75, 3.05) is 19.6 Å². The molecule has 0 radical (unpaired) electrons. The van der Waals surface area contributed by atoms with E-state index in [-0.39, 0.29) is 0 Å². The van der Waals surface area contributed by atoms with E-state index in [0.717, 1.165) is 19.0 Å². The third-order valence-electron chi connectivity index (χ3n) is 4.34. The molecular weight excluding hydrogens is 222 g/mol. The van der Waals surface area contributed by atoms with Crippen LogP contribution in [0.3, 0.4) is 0 Å². The Morgan fingerprint density at radius 3 is 3.11 bits per heavy atom. The fraction of sp³-hybridized carbons (Fsp3) is 0.667. The van der Waals surface area contributed by atoms with Gasteiger partial charge in [-0.3, -0.25) is 9.88 Å². The summed E-state index contributed by atoms with van der Waals surface area (Å²) in [5, 5.41) is 3.78. The van der Waals surface area contributed by atoms with Gasteiger partial charge in [0, 0.05) is 31.0 Å². The Morgan fingerprint density at radius 1 is 1.50 bits per heavy atom. The van der Waals surface area contributed by atoms with Crippen molar-refractivity contribution < 1.29 is 0 Å². The summed E-state index contributed by atoms with van der Waals surface area (Å²) in [6.45, 7) is 6.98. The number of pyridine rings is 1. The maximum absolute atomic E-state index is 4.22. The number of nitrogens with zero attached hydrogens (tertiary/aromatic N) is 2. The molecule has 1 unspecified atom stereocenters. The minimum absolute atomic E-state index is 0.332. The van der Waals surface area contributed by atoms with E-state index in [2.05, 4.69) is 28.2 Å². The first-order valence-corrected chi connectivity index (χ1v) is 7.12. The highest BCUT2D eigenvalue weighted by molar-refractivity contribution is 5.09. The van der Waals surface area contributed by atoms with Crippen molar-refractivity contribution in [1.82, 2.24) is 15.2 Å². The number of rotatable bonds is 3. The summed E-state index contributed by atoms with van der Waals surface area (Å²) >= 11 is 0. The molecule has 18 heavy (non-hydrogen) atoms. The van der Waals surface area contributed by atoms with Gasteiger partial charge in [-0.15, -0.1) is 0 Å². The molecule has 3 rings (SSSR count). The van der Waals surface area contributed by atoms with Gasteiger partial charge in [-0.1, -0.05) is 6.07 Å². The summed E-state index contributed by atoms with van der Waals surface area (Å²) < 4.78 is 0. The molecule has 2 aliphatic rings. The Kier molecular flexibility index (Phi) is 3.35. The Bertz CT molecular complexity index is 388. The summed E-state index contributed by atoms with van der Waals surface area (Å²) in [7, 11) is 0. The van der Waals surface area contributed by atoms with Crippen molar-refractivity contribution in [3.05, 3.63) is 30.1 Å². The van der Waals surface area contributed by atoms with Gasteiger partial charge in [-0.2, -0.15) is 0 Å². The summed E-state index contributed by atoms with van der Waals surface area (Å²) in [6.07, 6.45) is 7.91. The SMILES string of the molecule is CC1(C2CC2)CN(Cc2cccnc2)CCCN1. The van der Waals surface area contributed by atoms with E-state index in [1.807, 2.05) is 18.5 Å². The van der Waals surface area contributed by atoms with Gasteiger partial charge in [-0.05, 0) is 56.8 Å². The van der Waals surface area contributed by atoms with E-state index >= 15 is 0 Å². The minimum Gasteiger partial charge on any atom is -0.310 e. The monoisotopic (exact) mass is 245 g/mol. The summed E-state index contributed by atoms with van der Waals surface area (Å²) in [6, 6.07) is 4.21. The van der Waals surface area contributed by atoms with E-state index in [1.54, 1.807) is 0 Å². The first kappa shape index (κ1) is 12.1. The van der Waals surface area contributed by atoms with Gasteiger partial charge in [0.25, 0.3) is 0 Å². The van der Waals surface area contributed by atoms with Crippen LogP contribution in [0.4, 0.5) is 0 Å². The highest BCUT2D eigenvalue weighted by atomic mass is 15.2. The largest absolute Gasteiger partial charge is 0.310 e. The summed E-state index contributed by atoms with van der Waals surface area (Å²) in [5.74, 6) is 0.895. The van der Waals surface area contributed by atoms with E-state index in [9.17, 15) is 0 Å². The molecule has 1 aromatic rings. The van der Waals surface area contributed by atoms with Crippen LogP contribution in [-0.4, -0.2) is 35.1 Å². The molecule has 3 nitrogen and oxygen atoms in total. The van der Waals surface area contributed by atoms with Crippen molar-refractivity contribution >= 4 is 0 Å². The van der Waals surface area contributed by atoms with Crippen LogP contribution in [-0.2, 0) is 6.54 Å².